The molecule has 0 saturated carbocycles. The van der Waals surface area contributed by atoms with Gasteiger partial charge >= 0.3 is 0 Å². The van der Waals surface area contributed by atoms with Crippen molar-refractivity contribution in [1.82, 2.24) is 9.88 Å². The van der Waals surface area contributed by atoms with Crippen molar-refractivity contribution in [3.05, 3.63) is 95.4 Å². The largest absolute Gasteiger partial charge is 0.496 e. The van der Waals surface area contributed by atoms with E-state index in [1.807, 2.05) is 65.6 Å². The fourth-order valence-corrected chi connectivity index (χ4v) is 4.39. The van der Waals surface area contributed by atoms with Crippen molar-refractivity contribution in [3.8, 4) is 5.75 Å². The number of ether oxygens (including phenoxy) is 1. The van der Waals surface area contributed by atoms with Gasteiger partial charge in [-0.05, 0) is 42.7 Å². The molecule has 1 fully saturated rings. The van der Waals surface area contributed by atoms with Crippen LogP contribution in [0.1, 0.15) is 46.3 Å². The first-order chi connectivity index (χ1) is 15.2. The Hall–Kier alpha value is -3.60. The molecule has 1 saturated heterocycles. The van der Waals surface area contributed by atoms with Gasteiger partial charge in [-0.25, -0.2) is 4.98 Å². The number of nitrogens with zero attached hydrogens (tertiary/aromatic N) is 2. The second-order valence-electron chi connectivity index (χ2n) is 7.85. The molecular formula is C26H24N2O3. The average Bonchev–Trinajstić information content (AvgIpc) is 3.45. The molecule has 0 radical (unpaired) electrons. The Morgan fingerprint density at radius 3 is 2.74 bits per heavy atom. The number of oxazole rings is 1. The van der Waals surface area contributed by atoms with Crippen LogP contribution in [0.25, 0.3) is 11.1 Å². The van der Waals surface area contributed by atoms with Crippen molar-refractivity contribution in [2.45, 2.75) is 25.3 Å². The molecule has 5 rings (SSSR count). The van der Waals surface area contributed by atoms with Crippen molar-refractivity contribution in [3.63, 3.8) is 0 Å². The molecule has 3 aromatic carbocycles. The molecule has 1 aromatic heterocycles. The molecule has 5 heteroatoms. The minimum Gasteiger partial charge on any atom is -0.496 e. The van der Waals surface area contributed by atoms with Gasteiger partial charge in [0.1, 0.15) is 11.3 Å². The highest BCUT2D eigenvalue weighted by Crippen LogP contribution is 2.37. The van der Waals surface area contributed by atoms with E-state index in [1.54, 1.807) is 7.11 Å². The van der Waals surface area contributed by atoms with E-state index in [4.69, 9.17) is 9.15 Å². The summed E-state index contributed by atoms with van der Waals surface area (Å²) in [7, 11) is 1.67. The van der Waals surface area contributed by atoms with E-state index in [0.717, 1.165) is 36.3 Å². The van der Waals surface area contributed by atoms with E-state index in [9.17, 15) is 4.79 Å². The fraction of sp³-hybridized carbons (Fsp3) is 0.231. The first kappa shape index (κ1) is 19.4. The molecule has 2 heterocycles. The number of benzene rings is 3. The summed E-state index contributed by atoms with van der Waals surface area (Å²) in [6.07, 6.45) is 2.53. The summed E-state index contributed by atoms with van der Waals surface area (Å²) in [5.41, 5.74) is 4.24. The van der Waals surface area contributed by atoms with Gasteiger partial charge in [0, 0.05) is 24.1 Å². The monoisotopic (exact) mass is 412 g/mol. The Morgan fingerprint density at radius 1 is 1.10 bits per heavy atom. The number of rotatable bonds is 5. The van der Waals surface area contributed by atoms with Crippen LogP contribution in [0.5, 0.6) is 5.75 Å². The predicted molar refractivity (Wildman–Crippen MR) is 119 cm³/mol. The van der Waals surface area contributed by atoms with Gasteiger partial charge in [-0.15, -0.1) is 0 Å². The topological polar surface area (TPSA) is 55.6 Å². The molecule has 1 aliphatic heterocycles. The lowest BCUT2D eigenvalue weighted by atomic mass is 10.0. The minimum atomic E-state index is 0.0166. The quantitative estimate of drug-likeness (QED) is 0.440. The van der Waals surface area contributed by atoms with E-state index < -0.39 is 0 Å². The summed E-state index contributed by atoms with van der Waals surface area (Å²) in [6.45, 7) is 0.734. The first-order valence-corrected chi connectivity index (χ1v) is 10.6. The number of hydrogen-bond donors (Lipinski definition) is 0. The lowest BCUT2D eigenvalue weighted by molar-refractivity contribution is 0.0734. The third kappa shape index (κ3) is 3.79. The molecule has 1 atom stereocenters. The van der Waals surface area contributed by atoms with Crippen molar-refractivity contribution < 1.29 is 13.9 Å². The standard InChI is InChI=1S/C26H24N2O3/c1-30-23-12-6-5-10-20(23)22-11-7-15-28(22)26(29)19-13-14-24-21(17-19)27-25(31-24)16-18-8-3-2-4-9-18/h2-6,8-10,12-14,17,22H,7,11,15-16H2,1H3. The molecule has 1 unspecified atom stereocenters. The summed E-state index contributed by atoms with van der Waals surface area (Å²) in [5.74, 6) is 1.49. The normalized spacial score (nSPS) is 16.0. The van der Waals surface area contributed by atoms with Gasteiger partial charge in [-0.2, -0.15) is 0 Å². The van der Waals surface area contributed by atoms with Crippen LogP contribution >= 0.6 is 0 Å². The molecule has 1 amide bonds. The summed E-state index contributed by atoms with van der Waals surface area (Å²) in [4.78, 5) is 20.0. The number of carbonyl (C=O) groups is 1. The van der Waals surface area contributed by atoms with Crippen LogP contribution < -0.4 is 4.74 Å². The number of aromatic nitrogens is 1. The number of methoxy groups -OCH3 is 1. The summed E-state index contributed by atoms with van der Waals surface area (Å²) < 4.78 is 11.4. The SMILES string of the molecule is COc1ccccc1C1CCCN1C(=O)c1ccc2oc(Cc3ccccc3)nc2c1. The van der Waals surface area contributed by atoms with Crippen molar-refractivity contribution in [2.24, 2.45) is 0 Å². The number of hydrogen-bond acceptors (Lipinski definition) is 4. The van der Waals surface area contributed by atoms with E-state index >= 15 is 0 Å². The summed E-state index contributed by atoms with van der Waals surface area (Å²) >= 11 is 0. The molecule has 5 nitrogen and oxygen atoms in total. The second kappa shape index (κ2) is 8.26. The Kier molecular flexibility index (Phi) is 5.16. The minimum absolute atomic E-state index is 0.0166. The summed E-state index contributed by atoms with van der Waals surface area (Å²) in [6, 6.07) is 23.6. The van der Waals surface area contributed by atoms with Gasteiger partial charge in [0.05, 0.1) is 13.2 Å². The van der Waals surface area contributed by atoms with E-state index in [2.05, 4.69) is 17.1 Å². The van der Waals surface area contributed by atoms with Crippen LogP contribution in [-0.4, -0.2) is 29.4 Å². The third-order valence-corrected chi connectivity index (χ3v) is 5.89. The molecule has 4 aromatic rings. The zero-order valence-electron chi connectivity index (χ0n) is 17.5. The maximum atomic E-state index is 13.4. The number of para-hydroxylation sites is 1. The zero-order valence-corrected chi connectivity index (χ0v) is 17.5. The van der Waals surface area contributed by atoms with Gasteiger partial charge in [0.2, 0.25) is 0 Å². The molecule has 1 aliphatic rings. The molecule has 0 spiro atoms. The van der Waals surface area contributed by atoms with Gasteiger partial charge in [-0.1, -0.05) is 48.5 Å². The van der Waals surface area contributed by atoms with Gasteiger partial charge in [0.15, 0.2) is 11.5 Å². The predicted octanol–water partition coefficient (Wildman–Crippen LogP) is 5.40. The third-order valence-electron chi connectivity index (χ3n) is 5.89. The van der Waals surface area contributed by atoms with Gasteiger partial charge in [-0.3, -0.25) is 4.79 Å². The highest BCUT2D eigenvalue weighted by Gasteiger charge is 2.32. The maximum Gasteiger partial charge on any atom is 0.254 e. The Balaban J connectivity index is 1.41. The maximum absolute atomic E-state index is 13.4. The van der Waals surface area contributed by atoms with Crippen LogP contribution in [0.4, 0.5) is 0 Å². The molecule has 31 heavy (non-hydrogen) atoms. The van der Waals surface area contributed by atoms with Crippen molar-refractivity contribution in [1.29, 1.82) is 0 Å². The number of carbonyl (C=O) groups excluding carboxylic acids is 1. The molecule has 156 valence electrons. The molecule has 0 bridgehead atoms. The van der Waals surface area contributed by atoms with Crippen LogP contribution in [0.3, 0.4) is 0 Å². The number of likely N-dealkylation sites (tertiary alicyclic amines) is 1. The van der Waals surface area contributed by atoms with E-state index in [1.165, 1.54) is 0 Å². The van der Waals surface area contributed by atoms with Crippen molar-refractivity contribution in [2.75, 3.05) is 13.7 Å². The van der Waals surface area contributed by atoms with E-state index in [0.29, 0.717) is 29.0 Å². The lowest BCUT2D eigenvalue weighted by Gasteiger charge is -2.26. The average molecular weight is 412 g/mol. The lowest BCUT2D eigenvalue weighted by Crippen LogP contribution is -2.30. The Bertz CT molecular complexity index is 1220. The van der Waals surface area contributed by atoms with Crippen LogP contribution in [0, 0.1) is 0 Å². The highest BCUT2D eigenvalue weighted by molar-refractivity contribution is 5.97. The van der Waals surface area contributed by atoms with Crippen LogP contribution in [-0.2, 0) is 6.42 Å². The highest BCUT2D eigenvalue weighted by atomic mass is 16.5. The fourth-order valence-electron chi connectivity index (χ4n) is 4.39. The molecular weight excluding hydrogens is 388 g/mol. The smallest absolute Gasteiger partial charge is 0.254 e. The van der Waals surface area contributed by atoms with Crippen LogP contribution in [0.2, 0.25) is 0 Å². The number of amides is 1. The van der Waals surface area contributed by atoms with Crippen LogP contribution in [0.15, 0.2) is 77.2 Å². The Morgan fingerprint density at radius 2 is 1.90 bits per heavy atom. The zero-order chi connectivity index (χ0) is 21.2. The van der Waals surface area contributed by atoms with Gasteiger partial charge in [0.25, 0.3) is 5.91 Å². The first-order valence-electron chi connectivity index (χ1n) is 10.6. The molecule has 0 aliphatic carbocycles. The Labute approximate surface area is 181 Å². The number of fused-ring (bicyclic) bond motifs is 1. The second-order valence-corrected chi connectivity index (χ2v) is 7.85. The van der Waals surface area contributed by atoms with Gasteiger partial charge < -0.3 is 14.1 Å². The van der Waals surface area contributed by atoms with Crippen molar-refractivity contribution >= 4 is 17.0 Å². The molecule has 0 N–H and O–H groups in total. The van der Waals surface area contributed by atoms with E-state index in [-0.39, 0.29) is 11.9 Å². The summed E-state index contributed by atoms with van der Waals surface area (Å²) in [5, 5.41) is 0.